The summed E-state index contributed by atoms with van der Waals surface area (Å²) >= 11 is 8.91. The Kier molecular flexibility index (Phi) is 4.33. The number of halogens is 1. The lowest BCUT2D eigenvalue weighted by molar-refractivity contribution is -0.121. The molecule has 0 unspecified atom stereocenters. The molecule has 1 amide bonds. The highest BCUT2D eigenvalue weighted by molar-refractivity contribution is 9.10. The van der Waals surface area contributed by atoms with Crippen molar-refractivity contribution in [2.75, 3.05) is 11.9 Å². The Bertz CT molecular complexity index is 814. The van der Waals surface area contributed by atoms with Crippen LogP contribution in [0.5, 0.6) is 0 Å². The van der Waals surface area contributed by atoms with Crippen molar-refractivity contribution in [3.8, 4) is 0 Å². The molecule has 0 aromatic heterocycles. The van der Waals surface area contributed by atoms with Gasteiger partial charge in [-0.3, -0.25) is 14.6 Å². The van der Waals surface area contributed by atoms with Crippen molar-refractivity contribution in [3.63, 3.8) is 0 Å². The largest absolute Gasteiger partial charge is 0.286 e. The quantitative estimate of drug-likeness (QED) is 0.565. The summed E-state index contributed by atoms with van der Waals surface area (Å²) in [6.45, 7) is 2.03. The first-order chi connectivity index (χ1) is 11.0. The van der Waals surface area contributed by atoms with E-state index in [0.717, 1.165) is 21.3 Å². The highest BCUT2D eigenvalue weighted by atomic mass is 79.9. The molecule has 3 rings (SSSR count). The van der Waals surface area contributed by atoms with Gasteiger partial charge in [0.15, 0.2) is 5.11 Å². The van der Waals surface area contributed by atoms with Gasteiger partial charge in [0.2, 0.25) is 0 Å². The minimum absolute atomic E-state index is 0.101. The molecular formula is C18H15BrN2OS. The molecule has 2 aromatic carbocycles. The Balaban J connectivity index is 2.09. The van der Waals surface area contributed by atoms with Crippen LogP contribution in [-0.2, 0) is 4.79 Å². The number of hydrogen-bond acceptors (Lipinski definition) is 2. The summed E-state index contributed by atoms with van der Waals surface area (Å²) in [5.74, 6) is -0.101. The number of hydrogen-bond donors (Lipinski definition) is 0. The third kappa shape index (κ3) is 3.07. The fourth-order valence-corrected chi connectivity index (χ4v) is 3.13. The van der Waals surface area contributed by atoms with Crippen LogP contribution in [0, 0.1) is 6.92 Å². The molecule has 5 heteroatoms. The predicted octanol–water partition coefficient (Wildman–Crippen LogP) is 4.36. The summed E-state index contributed by atoms with van der Waals surface area (Å²) in [6, 6.07) is 15.8. The molecule has 2 aromatic rings. The lowest BCUT2D eigenvalue weighted by Gasteiger charge is -2.19. The maximum atomic E-state index is 12.6. The Morgan fingerprint density at radius 3 is 2.48 bits per heavy atom. The maximum Gasteiger partial charge on any atom is 0.276 e. The van der Waals surface area contributed by atoms with Gasteiger partial charge in [-0.2, -0.15) is 0 Å². The number of rotatable bonds is 2. The predicted molar refractivity (Wildman–Crippen MR) is 101 cm³/mol. The Morgan fingerprint density at radius 1 is 1.13 bits per heavy atom. The molecule has 0 saturated carbocycles. The number of aryl methyl sites for hydroxylation is 1. The first-order valence-corrected chi connectivity index (χ1v) is 8.33. The van der Waals surface area contributed by atoms with Crippen LogP contribution in [0.1, 0.15) is 11.1 Å². The lowest BCUT2D eigenvalue weighted by atomic mass is 10.1. The SMILES string of the molecule is Cc1ccc(N2C(=S)N(C)C(=O)C2=Cc2cccc(Br)c2)cc1. The third-order valence-electron chi connectivity index (χ3n) is 3.69. The number of thiocarbonyl (C=S) groups is 1. The molecule has 1 fully saturated rings. The van der Waals surface area contributed by atoms with Gasteiger partial charge in [0.1, 0.15) is 5.70 Å². The van der Waals surface area contributed by atoms with Crippen molar-refractivity contribution in [1.29, 1.82) is 0 Å². The zero-order chi connectivity index (χ0) is 16.6. The number of carbonyl (C=O) groups excluding carboxylic acids is 1. The number of anilines is 1. The molecular weight excluding hydrogens is 372 g/mol. The van der Waals surface area contributed by atoms with E-state index < -0.39 is 0 Å². The van der Waals surface area contributed by atoms with Crippen molar-refractivity contribution in [2.45, 2.75) is 6.92 Å². The number of nitrogens with zero attached hydrogens (tertiary/aromatic N) is 2. The number of carbonyl (C=O) groups is 1. The van der Waals surface area contributed by atoms with E-state index in [1.807, 2.05) is 66.4 Å². The number of likely N-dealkylation sites (N-methyl/N-ethyl adjacent to an activating group) is 1. The van der Waals surface area contributed by atoms with E-state index in [-0.39, 0.29) is 5.91 Å². The molecule has 0 atom stereocenters. The van der Waals surface area contributed by atoms with Gasteiger partial charge in [-0.15, -0.1) is 0 Å². The fourth-order valence-electron chi connectivity index (χ4n) is 2.43. The van der Waals surface area contributed by atoms with Gasteiger partial charge in [0, 0.05) is 17.2 Å². The van der Waals surface area contributed by atoms with Crippen LogP contribution >= 0.6 is 28.1 Å². The van der Waals surface area contributed by atoms with Gasteiger partial charge >= 0.3 is 0 Å². The molecule has 1 aliphatic heterocycles. The molecule has 23 heavy (non-hydrogen) atoms. The zero-order valence-electron chi connectivity index (χ0n) is 12.8. The lowest BCUT2D eigenvalue weighted by Crippen LogP contribution is -2.29. The van der Waals surface area contributed by atoms with Crippen molar-refractivity contribution >= 4 is 50.9 Å². The third-order valence-corrected chi connectivity index (χ3v) is 4.64. The van der Waals surface area contributed by atoms with E-state index in [1.165, 1.54) is 4.90 Å². The van der Waals surface area contributed by atoms with E-state index in [0.29, 0.717) is 10.8 Å². The molecule has 3 nitrogen and oxygen atoms in total. The second-order valence-corrected chi connectivity index (χ2v) is 6.68. The van der Waals surface area contributed by atoms with Crippen LogP contribution < -0.4 is 4.90 Å². The van der Waals surface area contributed by atoms with Crippen LogP contribution in [0.25, 0.3) is 6.08 Å². The maximum absolute atomic E-state index is 12.6. The number of benzene rings is 2. The Labute approximate surface area is 149 Å². The van der Waals surface area contributed by atoms with Gasteiger partial charge < -0.3 is 0 Å². The van der Waals surface area contributed by atoms with Crippen molar-refractivity contribution in [1.82, 2.24) is 4.90 Å². The summed E-state index contributed by atoms with van der Waals surface area (Å²) in [6.07, 6.45) is 1.86. The van der Waals surface area contributed by atoms with Crippen molar-refractivity contribution in [3.05, 3.63) is 69.8 Å². The summed E-state index contributed by atoms with van der Waals surface area (Å²) < 4.78 is 0.968. The smallest absolute Gasteiger partial charge is 0.276 e. The summed E-state index contributed by atoms with van der Waals surface area (Å²) in [7, 11) is 1.70. The first-order valence-electron chi connectivity index (χ1n) is 7.13. The van der Waals surface area contributed by atoms with Crippen LogP contribution in [0.2, 0.25) is 0 Å². The van der Waals surface area contributed by atoms with Gasteiger partial charge in [-0.05, 0) is 55.0 Å². The topological polar surface area (TPSA) is 23.6 Å². The normalized spacial score (nSPS) is 16.6. The average Bonchev–Trinajstić information content (AvgIpc) is 2.73. The molecule has 1 heterocycles. The minimum Gasteiger partial charge on any atom is -0.286 e. The highest BCUT2D eigenvalue weighted by Crippen LogP contribution is 2.29. The van der Waals surface area contributed by atoms with Crippen LogP contribution in [0.4, 0.5) is 5.69 Å². The standard InChI is InChI=1S/C18H15BrN2OS/c1-12-6-8-15(9-7-12)21-16(17(22)20(2)18(21)23)11-13-4-3-5-14(19)10-13/h3-11H,1-2H3. The van der Waals surface area contributed by atoms with Gasteiger partial charge in [-0.1, -0.05) is 45.8 Å². The second-order valence-electron chi connectivity index (χ2n) is 5.40. The van der Waals surface area contributed by atoms with Crippen LogP contribution in [-0.4, -0.2) is 23.0 Å². The minimum atomic E-state index is -0.101. The summed E-state index contributed by atoms with van der Waals surface area (Å²) in [4.78, 5) is 15.9. The van der Waals surface area contributed by atoms with E-state index in [2.05, 4.69) is 15.9 Å². The highest BCUT2D eigenvalue weighted by Gasteiger charge is 2.36. The Morgan fingerprint density at radius 2 is 1.83 bits per heavy atom. The van der Waals surface area contributed by atoms with E-state index >= 15 is 0 Å². The van der Waals surface area contributed by atoms with Crippen molar-refractivity contribution in [2.24, 2.45) is 0 Å². The molecule has 0 bridgehead atoms. The molecule has 0 aliphatic carbocycles. The molecule has 1 aliphatic rings. The average molecular weight is 387 g/mol. The fraction of sp³-hybridized carbons (Fsp3) is 0.111. The monoisotopic (exact) mass is 386 g/mol. The number of amides is 1. The van der Waals surface area contributed by atoms with E-state index in [1.54, 1.807) is 7.05 Å². The first kappa shape index (κ1) is 15.9. The Hall–Kier alpha value is -1.98. The second kappa shape index (κ2) is 6.26. The van der Waals surface area contributed by atoms with Gasteiger partial charge in [0.05, 0.1) is 0 Å². The van der Waals surface area contributed by atoms with Crippen LogP contribution in [0.3, 0.4) is 0 Å². The summed E-state index contributed by atoms with van der Waals surface area (Å²) in [5.41, 5.74) is 3.55. The molecule has 116 valence electrons. The summed E-state index contributed by atoms with van der Waals surface area (Å²) in [5, 5.41) is 0.486. The van der Waals surface area contributed by atoms with E-state index in [9.17, 15) is 4.79 Å². The molecule has 0 radical (unpaired) electrons. The zero-order valence-corrected chi connectivity index (χ0v) is 15.2. The van der Waals surface area contributed by atoms with Crippen molar-refractivity contribution < 1.29 is 4.79 Å². The van der Waals surface area contributed by atoms with E-state index in [4.69, 9.17) is 12.2 Å². The van der Waals surface area contributed by atoms with Crippen LogP contribution in [0.15, 0.2) is 58.7 Å². The molecule has 0 spiro atoms. The molecule has 0 N–H and O–H groups in total. The van der Waals surface area contributed by atoms with Gasteiger partial charge in [0.25, 0.3) is 5.91 Å². The molecule has 1 saturated heterocycles. The van der Waals surface area contributed by atoms with Gasteiger partial charge in [-0.25, -0.2) is 0 Å².